The molecule has 0 amide bonds. The third-order valence-corrected chi connectivity index (χ3v) is 5.94. The predicted molar refractivity (Wildman–Crippen MR) is 87.1 cm³/mol. The van der Waals surface area contributed by atoms with Gasteiger partial charge < -0.3 is 4.90 Å². The summed E-state index contributed by atoms with van der Waals surface area (Å²) in [5.74, 6) is -0.562. The molecule has 0 aliphatic heterocycles. The van der Waals surface area contributed by atoms with Gasteiger partial charge in [-0.3, -0.25) is 0 Å². The molecule has 0 unspecified atom stereocenters. The molecule has 4 nitrogen and oxygen atoms in total. The maximum absolute atomic E-state index is 13.3. The lowest BCUT2D eigenvalue weighted by Crippen LogP contribution is -2.34. The Balaban J connectivity index is 2.20. The van der Waals surface area contributed by atoms with Gasteiger partial charge in [0.25, 0.3) is 0 Å². The molecule has 2 rings (SSSR count). The molecule has 0 bridgehead atoms. The molecule has 1 atom stereocenters. The van der Waals surface area contributed by atoms with E-state index < -0.39 is 15.8 Å². The summed E-state index contributed by atoms with van der Waals surface area (Å²) < 4.78 is 40.7. The Morgan fingerprint density at radius 2 is 2.05 bits per heavy atom. The van der Waals surface area contributed by atoms with E-state index in [-0.39, 0.29) is 17.5 Å². The SMILES string of the molecule is Cc1ccc(F)cc1S(=O)(=O)NC[C@@H](c1cccs1)N(C)C. The van der Waals surface area contributed by atoms with E-state index in [0.29, 0.717) is 5.56 Å². The minimum Gasteiger partial charge on any atom is -0.300 e. The highest BCUT2D eigenvalue weighted by Crippen LogP contribution is 2.23. The van der Waals surface area contributed by atoms with Gasteiger partial charge in [0.1, 0.15) is 5.82 Å². The molecule has 22 heavy (non-hydrogen) atoms. The summed E-state index contributed by atoms with van der Waals surface area (Å²) in [4.78, 5) is 3.01. The van der Waals surface area contributed by atoms with E-state index in [0.717, 1.165) is 10.9 Å². The first-order valence-electron chi connectivity index (χ1n) is 6.77. The molecule has 120 valence electrons. The maximum Gasteiger partial charge on any atom is 0.240 e. The summed E-state index contributed by atoms with van der Waals surface area (Å²) >= 11 is 1.57. The fourth-order valence-corrected chi connectivity index (χ4v) is 4.36. The molecule has 2 aromatic rings. The number of likely N-dealkylation sites (N-methyl/N-ethyl adjacent to an activating group) is 1. The number of halogens is 1. The van der Waals surface area contributed by atoms with Gasteiger partial charge in [0.2, 0.25) is 10.0 Å². The number of aryl methyl sites for hydroxylation is 1. The zero-order valence-electron chi connectivity index (χ0n) is 12.7. The second-order valence-corrected chi connectivity index (χ2v) is 7.97. The zero-order valence-corrected chi connectivity index (χ0v) is 14.3. The lowest BCUT2D eigenvalue weighted by atomic mass is 10.2. The van der Waals surface area contributed by atoms with Crippen molar-refractivity contribution in [3.05, 3.63) is 52.0 Å². The summed E-state index contributed by atoms with van der Waals surface area (Å²) in [6.45, 7) is 1.88. The van der Waals surface area contributed by atoms with Gasteiger partial charge >= 0.3 is 0 Å². The lowest BCUT2D eigenvalue weighted by Gasteiger charge is -2.23. The van der Waals surface area contributed by atoms with Crippen LogP contribution >= 0.6 is 11.3 Å². The lowest BCUT2D eigenvalue weighted by molar-refractivity contribution is 0.303. The Morgan fingerprint density at radius 3 is 2.64 bits per heavy atom. The largest absolute Gasteiger partial charge is 0.300 e. The minimum absolute atomic E-state index is 0.0174. The molecular formula is C15H19FN2O2S2. The number of rotatable bonds is 6. The van der Waals surface area contributed by atoms with Crippen molar-refractivity contribution in [1.29, 1.82) is 0 Å². The van der Waals surface area contributed by atoms with Crippen LogP contribution in [-0.2, 0) is 10.0 Å². The molecule has 0 saturated heterocycles. The van der Waals surface area contributed by atoms with E-state index in [1.54, 1.807) is 18.3 Å². The number of benzene rings is 1. The number of nitrogens with one attached hydrogen (secondary N) is 1. The summed E-state index contributed by atoms with van der Waals surface area (Å²) in [7, 11) is 0.0448. The third kappa shape index (κ3) is 3.92. The fraction of sp³-hybridized carbons (Fsp3) is 0.333. The van der Waals surface area contributed by atoms with Crippen LogP contribution in [0.4, 0.5) is 4.39 Å². The average Bonchev–Trinajstić information content (AvgIpc) is 2.95. The minimum atomic E-state index is -3.75. The Labute approximate surface area is 134 Å². The normalized spacial score (nSPS) is 13.5. The van der Waals surface area contributed by atoms with Crippen LogP contribution in [0.1, 0.15) is 16.5 Å². The molecule has 0 fully saturated rings. The van der Waals surface area contributed by atoms with Crippen LogP contribution in [0.25, 0.3) is 0 Å². The van der Waals surface area contributed by atoms with E-state index >= 15 is 0 Å². The van der Waals surface area contributed by atoms with Gasteiger partial charge in [0.15, 0.2) is 0 Å². The first kappa shape index (κ1) is 17.1. The smallest absolute Gasteiger partial charge is 0.240 e. The monoisotopic (exact) mass is 342 g/mol. The highest BCUT2D eigenvalue weighted by atomic mass is 32.2. The van der Waals surface area contributed by atoms with Crippen molar-refractivity contribution in [2.45, 2.75) is 17.9 Å². The van der Waals surface area contributed by atoms with Crippen molar-refractivity contribution >= 4 is 21.4 Å². The third-order valence-electron chi connectivity index (χ3n) is 3.40. The van der Waals surface area contributed by atoms with Crippen LogP contribution in [-0.4, -0.2) is 34.0 Å². The Bertz CT molecular complexity index is 728. The van der Waals surface area contributed by atoms with Gasteiger partial charge in [0.05, 0.1) is 10.9 Å². The maximum atomic E-state index is 13.3. The topological polar surface area (TPSA) is 49.4 Å². The quantitative estimate of drug-likeness (QED) is 0.878. The van der Waals surface area contributed by atoms with Gasteiger partial charge in [-0.05, 0) is 50.2 Å². The van der Waals surface area contributed by atoms with Gasteiger partial charge in [-0.1, -0.05) is 12.1 Å². The summed E-state index contributed by atoms with van der Waals surface area (Å²) in [6.07, 6.45) is 0. The highest BCUT2D eigenvalue weighted by molar-refractivity contribution is 7.89. The van der Waals surface area contributed by atoms with E-state index in [1.165, 1.54) is 12.1 Å². The molecular weight excluding hydrogens is 323 g/mol. The molecule has 1 aromatic carbocycles. The first-order valence-corrected chi connectivity index (χ1v) is 9.13. The van der Waals surface area contributed by atoms with Crippen LogP contribution in [0, 0.1) is 12.7 Å². The molecule has 1 heterocycles. The van der Waals surface area contributed by atoms with Crippen molar-refractivity contribution in [2.75, 3.05) is 20.6 Å². The number of hydrogen-bond acceptors (Lipinski definition) is 4. The first-order chi connectivity index (χ1) is 10.3. The average molecular weight is 342 g/mol. The molecule has 0 aliphatic carbocycles. The van der Waals surface area contributed by atoms with Crippen molar-refractivity contribution in [1.82, 2.24) is 9.62 Å². The van der Waals surface area contributed by atoms with Crippen LogP contribution < -0.4 is 4.72 Å². The van der Waals surface area contributed by atoms with Crippen LogP contribution in [0.15, 0.2) is 40.6 Å². The van der Waals surface area contributed by atoms with Gasteiger partial charge in [-0.25, -0.2) is 17.5 Å². The number of thiophene rings is 1. The zero-order chi connectivity index (χ0) is 16.3. The number of hydrogen-bond donors (Lipinski definition) is 1. The van der Waals surface area contributed by atoms with Gasteiger partial charge in [-0.2, -0.15) is 0 Å². The molecule has 0 saturated carbocycles. The van der Waals surface area contributed by atoms with Crippen molar-refractivity contribution in [3.8, 4) is 0 Å². The summed E-state index contributed by atoms with van der Waals surface area (Å²) in [5, 5.41) is 1.96. The molecule has 1 N–H and O–H groups in total. The van der Waals surface area contributed by atoms with E-state index in [9.17, 15) is 12.8 Å². The fourth-order valence-electron chi connectivity index (χ4n) is 2.15. The van der Waals surface area contributed by atoms with Crippen molar-refractivity contribution in [3.63, 3.8) is 0 Å². The number of nitrogens with zero attached hydrogens (tertiary/aromatic N) is 1. The number of sulfonamides is 1. The molecule has 0 spiro atoms. The highest BCUT2D eigenvalue weighted by Gasteiger charge is 2.22. The van der Waals surface area contributed by atoms with Crippen molar-refractivity contribution in [2.24, 2.45) is 0 Å². The van der Waals surface area contributed by atoms with E-state index in [2.05, 4.69) is 4.72 Å². The van der Waals surface area contributed by atoms with Gasteiger partial charge in [-0.15, -0.1) is 11.3 Å². The molecule has 7 heteroatoms. The standard InChI is InChI=1S/C15H19FN2O2S2/c1-11-6-7-12(16)9-15(11)22(19,20)17-10-13(18(2)3)14-5-4-8-21-14/h4-9,13,17H,10H2,1-3H3/t13-/m0/s1. The second-order valence-electron chi connectivity index (χ2n) is 5.26. The Morgan fingerprint density at radius 1 is 1.32 bits per heavy atom. The van der Waals surface area contributed by atoms with Crippen LogP contribution in [0.3, 0.4) is 0 Å². The predicted octanol–water partition coefficient (Wildman–Crippen LogP) is 2.78. The van der Waals surface area contributed by atoms with Crippen LogP contribution in [0.2, 0.25) is 0 Å². The van der Waals surface area contributed by atoms with E-state index in [4.69, 9.17) is 0 Å². The molecule has 1 aromatic heterocycles. The molecule has 0 aliphatic rings. The Kier molecular flexibility index (Phi) is 5.33. The summed E-state index contributed by atoms with van der Waals surface area (Å²) in [6, 6.07) is 7.60. The summed E-state index contributed by atoms with van der Waals surface area (Å²) in [5.41, 5.74) is 0.520. The molecule has 0 radical (unpaired) electrons. The van der Waals surface area contributed by atoms with E-state index in [1.807, 2.05) is 36.5 Å². The van der Waals surface area contributed by atoms with Gasteiger partial charge in [0, 0.05) is 11.4 Å². The Hall–Kier alpha value is -1.28. The van der Waals surface area contributed by atoms with Crippen LogP contribution in [0.5, 0.6) is 0 Å². The second kappa shape index (κ2) is 6.87. The van der Waals surface area contributed by atoms with Crippen molar-refractivity contribution < 1.29 is 12.8 Å².